The van der Waals surface area contributed by atoms with E-state index in [-0.39, 0.29) is 5.91 Å². The molecule has 0 aliphatic carbocycles. The van der Waals surface area contributed by atoms with Crippen LogP contribution in [0, 0.1) is 6.92 Å². The molecule has 5 heteroatoms. The molecule has 0 fully saturated rings. The molecule has 5 rings (SSSR count). The summed E-state index contributed by atoms with van der Waals surface area (Å²) in [6.45, 7) is 2.55. The molecule has 0 spiro atoms. The van der Waals surface area contributed by atoms with Crippen LogP contribution in [-0.4, -0.2) is 17.1 Å². The van der Waals surface area contributed by atoms with Gasteiger partial charge in [-0.2, -0.15) is 5.10 Å². The standard InChI is InChI=1S/C31H25N3O2/c1-22-11-15-25(16-12-22)30-19-28(27-9-5-6-10-29(27)33-30)31(35)34-32-20-23-13-17-26(18-14-23)36-21-24-7-3-2-4-8-24/h2-20H,21H2,1H3,(H,34,35)/b32-20+. The van der Waals surface area contributed by atoms with Crippen molar-refractivity contribution in [2.24, 2.45) is 5.10 Å². The number of para-hydroxylation sites is 1. The second kappa shape index (κ2) is 10.7. The molecule has 0 atom stereocenters. The van der Waals surface area contributed by atoms with E-state index >= 15 is 0 Å². The molecule has 176 valence electrons. The Morgan fingerprint density at radius 3 is 2.39 bits per heavy atom. The number of rotatable bonds is 7. The molecule has 4 aromatic carbocycles. The maximum atomic E-state index is 13.1. The van der Waals surface area contributed by atoms with Gasteiger partial charge < -0.3 is 4.74 Å². The second-order valence-electron chi connectivity index (χ2n) is 8.48. The first-order chi connectivity index (χ1) is 17.7. The summed E-state index contributed by atoms with van der Waals surface area (Å²) < 4.78 is 5.82. The Morgan fingerprint density at radius 2 is 1.61 bits per heavy atom. The zero-order valence-electron chi connectivity index (χ0n) is 19.9. The van der Waals surface area contributed by atoms with Crippen LogP contribution in [0.1, 0.15) is 27.0 Å². The fourth-order valence-corrected chi connectivity index (χ4v) is 3.85. The van der Waals surface area contributed by atoms with Gasteiger partial charge in [0, 0.05) is 10.9 Å². The fourth-order valence-electron chi connectivity index (χ4n) is 3.85. The van der Waals surface area contributed by atoms with Gasteiger partial charge in [-0.15, -0.1) is 0 Å². The van der Waals surface area contributed by atoms with Gasteiger partial charge in [0.25, 0.3) is 5.91 Å². The molecular weight excluding hydrogens is 446 g/mol. The molecule has 1 heterocycles. The van der Waals surface area contributed by atoms with Gasteiger partial charge in [0.1, 0.15) is 12.4 Å². The van der Waals surface area contributed by atoms with Gasteiger partial charge in [0.15, 0.2) is 0 Å². The average Bonchev–Trinajstić information content (AvgIpc) is 2.93. The Kier molecular flexibility index (Phi) is 6.81. The summed E-state index contributed by atoms with van der Waals surface area (Å²) in [5, 5.41) is 4.95. The molecule has 1 amide bonds. The molecule has 5 nitrogen and oxygen atoms in total. The number of aryl methyl sites for hydroxylation is 1. The van der Waals surface area contributed by atoms with E-state index in [0.717, 1.165) is 39.0 Å². The number of nitrogens with one attached hydrogen (secondary N) is 1. The lowest BCUT2D eigenvalue weighted by Gasteiger charge is -2.09. The predicted octanol–water partition coefficient (Wildman–Crippen LogP) is 6.55. The SMILES string of the molecule is Cc1ccc(-c2cc(C(=O)N/N=C/c3ccc(OCc4ccccc4)cc3)c3ccccc3n2)cc1. The number of fused-ring (bicyclic) bond motifs is 1. The zero-order valence-corrected chi connectivity index (χ0v) is 19.9. The van der Waals surface area contributed by atoms with E-state index in [1.165, 1.54) is 5.56 Å². The number of hydrogen-bond acceptors (Lipinski definition) is 4. The van der Waals surface area contributed by atoms with E-state index in [0.29, 0.717) is 12.2 Å². The summed E-state index contributed by atoms with van der Waals surface area (Å²) in [4.78, 5) is 17.8. The lowest BCUT2D eigenvalue weighted by atomic mass is 10.0. The van der Waals surface area contributed by atoms with Gasteiger partial charge in [-0.1, -0.05) is 78.4 Å². The van der Waals surface area contributed by atoms with Crippen molar-refractivity contribution >= 4 is 23.0 Å². The predicted molar refractivity (Wildman–Crippen MR) is 144 cm³/mol. The highest BCUT2D eigenvalue weighted by Gasteiger charge is 2.13. The molecule has 1 aromatic heterocycles. The molecular formula is C31H25N3O2. The number of carbonyl (C=O) groups is 1. The van der Waals surface area contributed by atoms with Crippen LogP contribution in [0.4, 0.5) is 0 Å². The fraction of sp³-hybridized carbons (Fsp3) is 0.0645. The van der Waals surface area contributed by atoms with E-state index in [9.17, 15) is 4.79 Å². The highest BCUT2D eigenvalue weighted by atomic mass is 16.5. The number of hydrogen-bond donors (Lipinski definition) is 1. The lowest BCUT2D eigenvalue weighted by molar-refractivity contribution is 0.0956. The van der Waals surface area contributed by atoms with Crippen LogP contribution in [0.25, 0.3) is 22.2 Å². The lowest BCUT2D eigenvalue weighted by Crippen LogP contribution is -2.18. The molecule has 36 heavy (non-hydrogen) atoms. The van der Waals surface area contributed by atoms with E-state index in [1.54, 1.807) is 6.21 Å². The normalized spacial score (nSPS) is 11.0. The van der Waals surface area contributed by atoms with E-state index in [4.69, 9.17) is 9.72 Å². The first-order valence-corrected chi connectivity index (χ1v) is 11.7. The third-order valence-corrected chi connectivity index (χ3v) is 5.82. The van der Waals surface area contributed by atoms with Gasteiger partial charge in [0.2, 0.25) is 0 Å². The summed E-state index contributed by atoms with van der Waals surface area (Å²) in [5.41, 5.74) is 8.78. The van der Waals surface area contributed by atoms with E-state index in [1.807, 2.05) is 116 Å². The number of benzene rings is 4. The quantitative estimate of drug-likeness (QED) is 0.216. The smallest absolute Gasteiger partial charge is 0.272 e. The van der Waals surface area contributed by atoms with Crippen molar-refractivity contribution in [3.05, 3.63) is 131 Å². The van der Waals surface area contributed by atoms with Crippen LogP contribution < -0.4 is 10.2 Å². The highest BCUT2D eigenvalue weighted by Crippen LogP contribution is 2.25. The van der Waals surface area contributed by atoms with Crippen molar-refractivity contribution in [1.82, 2.24) is 10.4 Å². The van der Waals surface area contributed by atoms with Crippen LogP contribution in [0.5, 0.6) is 5.75 Å². The topological polar surface area (TPSA) is 63.6 Å². The third kappa shape index (κ3) is 5.47. The van der Waals surface area contributed by atoms with Crippen LogP contribution in [0.2, 0.25) is 0 Å². The van der Waals surface area contributed by atoms with Crippen LogP contribution >= 0.6 is 0 Å². The Hall–Kier alpha value is -4.77. The first kappa shape index (κ1) is 23.0. The molecule has 5 aromatic rings. The van der Waals surface area contributed by atoms with Crippen LogP contribution in [0.3, 0.4) is 0 Å². The van der Waals surface area contributed by atoms with Crippen molar-refractivity contribution in [2.45, 2.75) is 13.5 Å². The minimum Gasteiger partial charge on any atom is -0.489 e. The Bertz CT molecular complexity index is 1510. The van der Waals surface area contributed by atoms with Gasteiger partial charge in [-0.05, 0) is 54.4 Å². The average molecular weight is 472 g/mol. The highest BCUT2D eigenvalue weighted by molar-refractivity contribution is 6.07. The van der Waals surface area contributed by atoms with E-state index < -0.39 is 0 Å². The monoisotopic (exact) mass is 471 g/mol. The molecule has 0 aliphatic rings. The van der Waals surface area contributed by atoms with Gasteiger partial charge >= 0.3 is 0 Å². The number of hydrazone groups is 1. The minimum absolute atomic E-state index is 0.291. The summed E-state index contributed by atoms with van der Waals surface area (Å²) >= 11 is 0. The third-order valence-electron chi connectivity index (χ3n) is 5.82. The molecule has 0 saturated heterocycles. The zero-order chi connectivity index (χ0) is 24.7. The summed E-state index contributed by atoms with van der Waals surface area (Å²) in [5.74, 6) is 0.480. The van der Waals surface area contributed by atoms with Crippen molar-refractivity contribution < 1.29 is 9.53 Å². The minimum atomic E-state index is -0.291. The molecule has 0 bridgehead atoms. The van der Waals surface area contributed by atoms with Crippen molar-refractivity contribution in [3.63, 3.8) is 0 Å². The number of carbonyl (C=O) groups excluding carboxylic acids is 1. The van der Waals surface area contributed by atoms with Crippen LogP contribution in [0.15, 0.2) is 114 Å². The first-order valence-electron chi connectivity index (χ1n) is 11.7. The summed E-state index contributed by atoms with van der Waals surface area (Å²) in [6, 6.07) is 35.1. The number of amides is 1. The molecule has 0 saturated carbocycles. The summed E-state index contributed by atoms with van der Waals surface area (Å²) in [6.07, 6.45) is 1.61. The number of aromatic nitrogens is 1. The molecule has 0 radical (unpaired) electrons. The van der Waals surface area contributed by atoms with Crippen molar-refractivity contribution in [1.29, 1.82) is 0 Å². The van der Waals surface area contributed by atoms with Crippen molar-refractivity contribution in [3.8, 4) is 17.0 Å². The van der Waals surface area contributed by atoms with Crippen LogP contribution in [-0.2, 0) is 6.61 Å². The van der Waals surface area contributed by atoms with Gasteiger partial charge in [-0.25, -0.2) is 10.4 Å². The number of pyridine rings is 1. The molecule has 0 aliphatic heterocycles. The largest absolute Gasteiger partial charge is 0.489 e. The Balaban J connectivity index is 1.29. The number of ether oxygens (including phenoxy) is 1. The van der Waals surface area contributed by atoms with Crippen molar-refractivity contribution in [2.75, 3.05) is 0 Å². The maximum Gasteiger partial charge on any atom is 0.272 e. The maximum absolute atomic E-state index is 13.1. The Labute approximate surface area is 210 Å². The summed E-state index contributed by atoms with van der Waals surface area (Å²) in [7, 11) is 0. The van der Waals surface area contributed by atoms with E-state index in [2.05, 4.69) is 10.5 Å². The number of nitrogens with zero attached hydrogens (tertiary/aromatic N) is 2. The van der Waals surface area contributed by atoms with Gasteiger partial charge in [0.05, 0.1) is 23.0 Å². The Morgan fingerprint density at radius 1 is 0.889 bits per heavy atom. The second-order valence-corrected chi connectivity index (χ2v) is 8.48. The van der Waals surface area contributed by atoms with Gasteiger partial charge in [-0.3, -0.25) is 4.79 Å². The molecule has 1 N–H and O–H groups in total. The molecule has 0 unspecified atom stereocenters.